The van der Waals surface area contributed by atoms with Gasteiger partial charge in [-0.05, 0) is 35.6 Å². The zero-order valence-corrected chi connectivity index (χ0v) is 20.6. The molecule has 0 N–H and O–H groups in total. The number of hydrogen-bond donors (Lipinski definition) is 0. The van der Waals surface area contributed by atoms with Gasteiger partial charge in [0.2, 0.25) is 5.89 Å². The molecule has 0 saturated heterocycles. The molecular formula is C26H28ClN5O2. The fourth-order valence-corrected chi connectivity index (χ4v) is 3.55. The average molecular weight is 478 g/mol. The molecule has 0 saturated carbocycles. The van der Waals surface area contributed by atoms with Gasteiger partial charge in [0.05, 0.1) is 17.8 Å². The lowest BCUT2D eigenvalue weighted by atomic mass is 9.87. The molecule has 34 heavy (non-hydrogen) atoms. The van der Waals surface area contributed by atoms with Crippen molar-refractivity contribution >= 4 is 22.2 Å². The van der Waals surface area contributed by atoms with Gasteiger partial charge in [-0.2, -0.15) is 0 Å². The highest BCUT2D eigenvalue weighted by atomic mass is 35.5. The van der Waals surface area contributed by atoms with E-state index in [1.807, 2.05) is 49.4 Å². The Morgan fingerprint density at radius 2 is 1.74 bits per heavy atom. The zero-order chi connectivity index (χ0) is 24.1. The summed E-state index contributed by atoms with van der Waals surface area (Å²) in [5.41, 5.74) is 3.52. The second-order valence-corrected chi connectivity index (χ2v) is 9.44. The molecule has 7 nitrogen and oxygen atoms in total. The Bertz CT molecular complexity index is 1250. The molecule has 4 rings (SSSR count). The highest BCUT2D eigenvalue weighted by Crippen LogP contribution is 2.29. The first-order valence-corrected chi connectivity index (χ1v) is 11.6. The van der Waals surface area contributed by atoms with Crippen LogP contribution in [0.5, 0.6) is 5.75 Å². The molecule has 0 unspecified atom stereocenters. The van der Waals surface area contributed by atoms with Crippen molar-refractivity contribution in [2.24, 2.45) is 0 Å². The summed E-state index contributed by atoms with van der Waals surface area (Å²) in [5, 5.41) is 17.1. The van der Waals surface area contributed by atoms with E-state index in [0.717, 1.165) is 17.7 Å². The van der Waals surface area contributed by atoms with E-state index >= 15 is 0 Å². The van der Waals surface area contributed by atoms with Gasteiger partial charge in [0.1, 0.15) is 5.75 Å². The Morgan fingerprint density at radius 3 is 2.44 bits per heavy atom. The number of aryl methyl sites for hydroxylation is 1. The van der Waals surface area contributed by atoms with Crippen LogP contribution in [-0.2, 0) is 12.0 Å². The van der Waals surface area contributed by atoms with Gasteiger partial charge in [-0.3, -0.25) is 4.68 Å². The second kappa shape index (κ2) is 10.2. The molecule has 4 aromatic rings. The predicted molar refractivity (Wildman–Crippen MR) is 133 cm³/mol. The van der Waals surface area contributed by atoms with E-state index in [4.69, 9.17) is 20.8 Å². The number of allylic oxidation sites excluding steroid dienone is 1. The summed E-state index contributed by atoms with van der Waals surface area (Å²) in [5.74, 6) is 1.51. The van der Waals surface area contributed by atoms with E-state index < -0.39 is 0 Å². The van der Waals surface area contributed by atoms with Crippen LogP contribution >= 0.6 is 11.6 Å². The van der Waals surface area contributed by atoms with Gasteiger partial charge in [-0.1, -0.05) is 80.1 Å². The third-order valence-electron chi connectivity index (χ3n) is 5.38. The van der Waals surface area contributed by atoms with Crippen LogP contribution < -0.4 is 4.74 Å². The summed E-state index contributed by atoms with van der Waals surface area (Å²) in [6, 6.07) is 17.9. The smallest absolute Gasteiger partial charge is 0.270 e. The molecule has 0 radical (unpaired) electrons. The summed E-state index contributed by atoms with van der Waals surface area (Å²) in [7, 11) is 0. The van der Waals surface area contributed by atoms with Crippen LogP contribution in [0.3, 0.4) is 0 Å². The van der Waals surface area contributed by atoms with Gasteiger partial charge in [0.15, 0.2) is 5.69 Å². The fourth-order valence-electron chi connectivity index (χ4n) is 3.35. The zero-order valence-electron chi connectivity index (χ0n) is 19.8. The van der Waals surface area contributed by atoms with Crippen LogP contribution in [0, 0.1) is 0 Å². The number of ether oxygens (including phenoxy) is 1. The van der Waals surface area contributed by atoms with Crippen LogP contribution in [0.2, 0.25) is 0 Å². The van der Waals surface area contributed by atoms with Crippen LogP contribution in [0.1, 0.15) is 51.1 Å². The Kier molecular flexibility index (Phi) is 7.12. The lowest BCUT2D eigenvalue weighted by molar-refractivity contribution is 0.297. The number of aromatic nitrogens is 5. The number of halogens is 1. The van der Waals surface area contributed by atoms with Gasteiger partial charge in [0.25, 0.3) is 5.89 Å². The van der Waals surface area contributed by atoms with Gasteiger partial charge < -0.3 is 9.15 Å². The largest absolute Gasteiger partial charge is 0.494 e. The van der Waals surface area contributed by atoms with Gasteiger partial charge >= 0.3 is 0 Å². The lowest BCUT2D eigenvalue weighted by Crippen LogP contribution is -2.10. The maximum Gasteiger partial charge on any atom is 0.270 e. The van der Waals surface area contributed by atoms with E-state index in [1.165, 1.54) is 5.56 Å². The maximum absolute atomic E-state index is 6.50. The minimum absolute atomic E-state index is 0.131. The third-order valence-corrected chi connectivity index (χ3v) is 5.88. The van der Waals surface area contributed by atoms with Crippen molar-refractivity contribution < 1.29 is 9.15 Å². The number of rotatable bonds is 8. The van der Waals surface area contributed by atoms with Crippen molar-refractivity contribution in [2.75, 3.05) is 6.61 Å². The van der Waals surface area contributed by atoms with Crippen molar-refractivity contribution in [1.82, 2.24) is 25.2 Å². The molecule has 2 aromatic heterocycles. The van der Waals surface area contributed by atoms with Gasteiger partial charge in [-0.25, -0.2) is 0 Å². The normalized spacial score (nSPS) is 12.5. The Hall–Kier alpha value is -3.45. The Morgan fingerprint density at radius 1 is 1.00 bits per heavy atom. The van der Waals surface area contributed by atoms with Crippen LogP contribution in [0.4, 0.5) is 0 Å². The molecule has 0 spiro atoms. The van der Waals surface area contributed by atoms with Crippen LogP contribution in [0.25, 0.3) is 22.2 Å². The topological polar surface area (TPSA) is 78.9 Å². The van der Waals surface area contributed by atoms with Crippen molar-refractivity contribution in [1.29, 1.82) is 0 Å². The third kappa shape index (κ3) is 5.72. The van der Waals surface area contributed by atoms with E-state index in [-0.39, 0.29) is 5.41 Å². The molecule has 0 aliphatic carbocycles. The SMILES string of the molecule is C/C(=C(/Cl)c1ccccc1)c1nnc(-c2cn(CCCOc3ccc(C(C)(C)C)cc3)nn2)o1. The standard InChI is InChI=1S/C26H28ClN5O2/c1-18(23(27)19-9-6-5-7-10-19)24-29-30-25(34-24)22-17-32(31-28-22)15-8-16-33-21-13-11-20(12-14-21)26(2,3)4/h5-7,9-14,17H,8,15-16H2,1-4H3/b23-18-. The molecular weight excluding hydrogens is 450 g/mol. The van der Waals surface area contributed by atoms with Gasteiger partial charge in [-0.15, -0.1) is 15.3 Å². The quantitative estimate of drug-likeness (QED) is 0.280. The first-order valence-electron chi connectivity index (χ1n) is 11.2. The van der Waals surface area contributed by atoms with E-state index in [1.54, 1.807) is 10.9 Å². The number of benzene rings is 2. The predicted octanol–water partition coefficient (Wildman–Crippen LogP) is 6.22. The molecule has 0 bridgehead atoms. The summed E-state index contributed by atoms with van der Waals surface area (Å²) < 4.78 is 13.4. The first-order chi connectivity index (χ1) is 16.3. The second-order valence-electron chi connectivity index (χ2n) is 9.06. The van der Waals surface area contributed by atoms with Crippen molar-refractivity contribution in [3.05, 3.63) is 77.8 Å². The summed E-state index contributed by atoms with van der Waals surface area (Å²) in [6.07, 6.45) is 2.57. The minimum Gasteiger partial charge on any atom is -0.494 e. The molecule has 0 fully saturated rings. The highest BCUT2D eigenvalue weighted by Gasteiger charge is 2.16. The molecule has 2 aromatic carbocycles. The molecule has 176 valence electrons. The molecule has 0 amide bonds. The van der Waals surface area contributed by atoms with E-state index in [0.29, 0.717) is 41.2 Å². The van der Waals surface area contributed by atoms with Crippen molar-refractivity contribution in [3.8, 4) is 17.3 Å². The van der Waals surface area contributed by atoms with Crippen LogP contribution in [0.15, 0.2) is 65.2 Å². The molecule has 0 atom stereocenters. The summed E-state index contributed by atoms with van der Waals surface area (Å²) >= 11 is 6.50. The molecule has 8 heteroatoms. The maximum atomic E-state index is 6.50. The number of hydrogen-bond acceptors (Lipinski definition) is 6. The monoisotopic (exact) mass is 477 g/mol. The summed E-state index contributed by atoms with van der Waals surface area (Å²) in [6.45, 7) is 9.68. The van der Waals surface area contributed by atoms with Crippen LogP contribution in [-0.4, -0.2) is 31.8 Å². The fraction of sp³-hybridized carbons (Fsp3) is 0.308. The summed E-state index contributed by atoms with van der Waals surface area (Å²) in [4.78, 5) is 0. The average Bonchev–Trinajstić information content (AvgIpc) is 3.51. The van der Waals surface area contributed by atoms with Crippen molar-refractivity contribution in [3.63, 3.8) is 0 Å². The first kappa shape index (κ1) is 23.7. The minimum atomic E-state index is 0.131. The number of nitrogens with zero attached hydrogens (tertiary/aromatic N) is 5. The highest BCUT2D eigenvalue weighted by molar-refractivity contribution is 6.52. The van der Waals surface area contributed by atoms with Gasteiger partial charge in [0, 0.05) is 18.5 Å². The Balaban J connectivity index is 1.32. The Labute approximate surface area is 204 Å². The van der Waals surface area contributed by atoms with E-state index in [2.05, 4.69) is 53.4 Å². The molecule has 0 aliphatic heterocycles. The molecule has 2 heterocycles. The molecule has 0 aliphatic rings. The lowest BCUT2D eigenvalue weighted by Gasteiger charge is -2.19. The van der Waals surface area contributed by atoms with Crippen molar-refractivity contribution in [2.45, 2.75) is 46.1 Å². The van der Waals surface area contributed by atoms with E-state index in [9.17, 15) is 0 Å².